The number of fused-ring (bicyclic) bond motifs is 1. The Bertz CT molecular complexity index is 868. The summed E-state index contributed by atoms with van der Waals surface area (Å²) in [4.78, 5) is 27.2. The predicted octanol–water partition coefficient (Wildman–Crippen LogP) is 0.119. The Hall–Kier alpha value is -2.14. The molecule has 1 saturated carbocycles. The first kappa shape index (κ1) is 20.1. The maximum absolute atomic E-state index is 12.3. The van der Waals surface area contributed by atoms with E-state index in [9.17, 15) is 20.1 Å². The topological polar surface area (TPSA) is 134 Å². The van der Waals surface area contributed by atoms with E-state index in [0.717, 1.165) is 25.7 Å². The molecule has 0 spiro atoms. The molecule has 158 valence electrons. The molecule has 4 atom stereocenters. The van der Waals surface area contributed by atoms with Crippen LogP contribution in [0.5, 0.6) is 0 Å². The van der Waals surface area contributed by atoms with E-state index in [1.165, 1.54) is 23.6 Å². The largest absolute Gasteiger partial charge is 0.394 e. The summed E-state index contributed by atoms with van der Waals surface area (Å²) in [6, 6.07) is 0.203. The number of amides is 1. The van der Waals surface area contributed by atoms with Crippen molar-refractivity contribution in [2.75, 3.05) is 6.61 Å². The summed E-state index contributed by atoms with van der Waals surface area (Å²) in [5, 5.41) is 29.7. The van der Waals surface area contributed by atoms with Gasteiger partial charge in [-0.15, -0.1) is 0 Å². The zero-order chi connectivity index (χ0) is 20.5. The molecule has 3 heterocycles. The molecule has 1 aliphatic carbocycles. The Balaban J connectivity index is 1.63. The molecule has 0 aromatic carbocycles. The normalized spacial score (nSPS) is 28.1. The monoisotopic (exact) mass is 405 g/mol. The molecule has 0 bridgehead atoms. The van der Waals surface area contributed by atoms with Crippen LogP contribution in [0.4, 0.5) is 0 Å². The smallest absolute Gasteiger partial charge is 0.220 e. The molecule has 2 fully saturated rings. The highest BCUT2D eigenvalue weighted by molar-refractivity contribution is 5.76. The molecule has 0 unspecified atom stereocenters. The van der Waals surface area contributed by atoms with Gasteiger partial charge in [0.2, 0.25) is 5.91 Å². The summed E-state index contributed by atoms with van der Waals surface area (Å²) in [7, 11) is 0. The molecule has 3 N–H and O–H groups in total. The number of ether oxygens (including phenoxy) is 1. The molecule has 10 heteroatoms. The van der Waals surface area contributed by atoms with Crippen LogP contribution in [0.3, 0.4) is 0 Å². The second-order valence-electron chi connectivity index (χ2n) is 7.81. The average Bonchev–Trinajstić information content (AvgIpc) is 3.28. The second-order valence-corrected chi connectivity index (χ2v) is 7.81. The van der Waals surface area contributed by atoms with Gasteiger partial charge >= 0.3 is 0 Å². The van der Waals surface area contributed by atoms with Crippen molar-refractivity contribution in [1.29, 1.82) is 0 Å². The van der Waals surface area contributed by atoms with Crippen LogP contribution in [0.1, 0.15) is 50.9 Å². The number of aliphatic hydroxyl groups excluding tert-OH is 3. The lowest BCUT2D eigenvalue weighted by Crippen LogP contribution is -2.39. The first-order valence-corrected chi connectivity index (χ1v) is 10.1. The van der Waals surface area contributed by atoms with Gasteiger partial charge in [-0.3, -0.25) is 9.36 Å². The summed E-state index contributed by atoms with van der Waals surface area (Å²) in [5.74, 6) is 0.00607. The Kier molecular flexibility index (Phi) is 5.77. The van der Waals surface area contributed by atoms with Crippen molar-refractivity contribution in [3.8, 4) is 0 Å². The molecule has 1 aliphatic heterocycles. The first-order valence-electron chi connectivity index (χ1n) is 10.1. The lowest BCUT2D eigenvalue weighted by atomic mass is 9.94. The summed E-state index contributed by atoms with van der Waals surface area (Å²) >= 11 is 0. The summed E-state index contributed by atoms with van der Waals surface area (Å²) in [5.41, 5.74) is 1.59. The Labute approximate surface area is 168 Å². The van der Waals surface area contributed by atoms with Crippen LogP contribution >= 0.6 is 0 Å². The van der Waals surface area contributed by atoms with Gasteiger partial charge in [0.05, 0.1) is 25.2 Å². The van der Waals surface area contributed by atoms with E-state index in [4.69, 9.17) is 4.74 Å². The van der Waals surface area contributed by atoms with Crippen LogP contribution in [-0.2, 0) is 16.1 Å². The van der Waals surface area contributed by atoms with Gasteiger partial charge in [0, 0.05) is 13.0 Å². The molecule has 1 amide bonds. The SMILES string of the molecule is CC(=O)N(Cc1ncnc2c1ncn2[C@@H]1O[C@H](CO)[C@@H](O)[C@H]1O)C1CCCCC1. The van der Waals surface area contributed by atoms with E-state index in [2.05, 4.69) is 15.0 Å². The van der Waals surface area contributed by atoms with Crippen molar-refractivity contribution in [3.63, 3.8) is 0 Å². The van der Waals surface area contributed by atoms with Gasteiger partial charge in [-0.2, -0.15) is 0 Å². The minimum Gasteiger partial charge on any atom is -0.394 e. The van der Waals surface area contributed by atoms with Gasteiger partial charge in [0.15, 0.2) is 11.9 Å². The van der Waals surface area contributed by atoms with Gasteiger partial charge in [-0.1, -0.05) is 19.3 Å². The molecule has 2 aliphatic rings. The number of carbonyl (C=O) groups excluding carboxylic acids is 1. The van der Waals surface area contributed by atoms with E-state index in [-0.39, 0.29) is 11.9 Å². The number of imidazole rings is 1. The van der Waals surface area contributed by atoms with Crippen LogP contribution in [0.25, 0.3) is 11.2 Å². The summed E-state index contributed by atoms with van der Waals surface area (Å²) < 4.78 is 7.12. The zero-order valence-electron chi connectivity index (χ0n) is 16.4. The Morgan fingerprint density at radius 3 is 2.62 bits per heavy atom. The van der Waals surface area contributed by atoms with E-state index in [0.29, 0.717) is 23.4 Å². The number of hydrogen-bond acceptors (Lipinski definition) is 8. The molecule has 1 saturated heterocycles. The minimum absolute atomic E-state index is 0.00607. The van der Waals surface area contributed by atoms with E-state index >= 15 is 0 Å². The number of aliphatic hydroxyl groups is 3. The fraction of sp³-hybridized carbons (Fsp3) is 0.684. The van der Waals surface area contributed by atoms with Gasteiger partial charge in [0.25, 0.3) is 0 Å². The number of nitrogens with zero attached hydrogens (tertiary/aromatic N) is 5. The lowest BCUT2D eigenvalue weighted by molar-refractivity contribution is -0.132. The summed E-state index contributed by atoms with van der Waals surface area (Å²) in [6.45, 7) is 1.51. The number of carbonyl (C=O) groups is 1. The maximum Gasteiger partial charge on any atom is 0.220 e. The highest BCUT2D eigenvalue weighted by Gasteiger charge is 2.44. The van der Waals surface area contributed by atoms with Gasteiger partial charge < -0.3 is 25.0 Å². The zero-order valence-corrected chi connectivity index (χ0v) is 16.4. The van der Waals surface area contributed by atoms with Crippen LogP contribution < -0.4 is 0 Å². The van der Waals surface area contributed by atoms with Crippen LogP contribution in [0, 0.1) is 0 Å². The van der Waals surface area contributed by atoms with Crippen molar-refractivity contribution in [2.45, 2.75) is 76.2 Å². The highest BCUT2D eigenvalue weighted by Crippen LogP contribution is 2.32. The molecular formula is C19H27N5O5. The highest BCUT2D eigenvalue weighted by atomic mass is 16.6. The fourth-order valence-electron chi connectivity index (χ4n) is 4.36. The molecule has 2 aromatic rings. The number of rotatable bonds is 5. The molecule has 29 heavy (non-hydrogen) atoms. The first-order chi connectivity index (χ1) is 14.0. The molecular weight excluding hydrogens is 378 g/mol. The number of hydrogen-bond donors (Lipinski definition) is 3. The molecule has 10 nitrogen and oxygen atoms in total. The van der Waals surface area contributed by atoms with E-state index in [1.807, 2.05) is 4.90 Å². The molecule has 2 aromatic heterocycles. The van der Waals surface area contributed by atoms with E-state index < -0.39 is 31.1 Å². The van der Waals surface area contributed by atoms with Crippen LogP contribution in [0.15, 0.2) is 12.7 Å². The Morgan fingerprint density at radius 2 is 1.97 bits per heavy atom. The maximum atomic E-state index is 12.3. The summed E-state index contributed by atoms with van der Waals surface area (Å²) in [6.07, 6.45) is 4.07. The van der Waals surface area contributed by atoms with Crippen molar-refractivity contribution >= 4 is 17.1 Å². The quantitative estimate of drug-likeness (QED) is 0.639. The van der Waals surface area contributed by atoms with Crippen LogP contribution in [-0.4, -0.2) is 76.6 Å². The van der Waals surface area contributed by atoms with Crippen molar-refractivity contribution in [1.82, 2.24) is 24.4 Å². The lowest BCUT2D eigenvalue weighted by Gasteiger charge is -2.33. The third-order valence-corrected chi connectivity index (χ3v) is 5.97. The number of aromatic nitrogens is 4. The Morgan fingerprint density at radius 1 is 1.21 bits per heavy atom. The second kappa shape index (κ2) is 8.31. The van der Waals surface area contributed by atoms with Gasteiger partial charge in [0.1, 0.15) is 30.2 Å². The molecule has 4 rings (SSSR count). The third-order valence-electron chi connectivity index (χ3n) is 5.97. The van der Waals surface area contributed by atoms with Crippen molar-refractivity contribution in [3.05, 3.63) is 18.3 Å². The van der Waals surface area contributed by atoms with Crippen LogP contribution in [0.2, 0.25) is 0 Å². The molecule has 0 radical (unpaired) electrons. The third kappa shape index (κ3) is 3.73. The average molecular weight is 405 g/mol. The van der Waals surface area contributed by atoms with E-state index in [1.54, 1.807) is 6.92 Å². The fourth-order valence-corrected chi connectivity index (χ4v) is 4.36. The predicted molar refractivity (Wildman–Crippen MR) is 101 cm³/mol. The standard InChI is InChI=1S/C19H27N5O5/c1-11(26)23(12-5-3-2-4-6-12)7-13-15-18(21-9-20-13)24(10-22-15)19-17(28)16(27)14(8-25)29-19/h9-10,12,14,16-17,19,25,27-28H,2-8H2,1H3/t14-,16-,17-,19-/m1/s1. The van der Waals surface area contributed by atoms with Gasteiger partial charge in [-0.25, -0.2) is 15.0 Å². The van der Waals surface area contributed by atoms with Crippen molar-refractivity contribution in [2.24, 2.45) is 0 Å². The minimum atomic E-state index is -1.22. The van der Waals surface area contributed by atoms with Crippen molar-refractivity contribution < 1.29 is 24.9 Å². The van der Waals surface area contributed by atoms with Gasteiger partial charge in [-0.05, 0) is 12.8 Å².